The van der Waals surface area contributed by atoms with Crippen LogP contribution in [0.4, 0.5) is 0 Å². The number of likely N-dealkylation sites (N-methyl/N-ethyl adjacent to an activating group) is 1. The van der Waals surface area contributed by atoms with Gasteiger partial charge in [0.05, 0.1) is 6.61 Å². The number of hydrogen-bond donors (Lipinski definition) is 1. The van der Waals surface area contributed by atoms with Crippen LogP contribution in [0.3, 0.4) is 0 Å². The Kier molecular flexibility index (Phi) is 7.11. The fourth-order valence-corrected chi connectivity index (χ4v) is 0.972. The molecule has 2 nitrogen and oxygen atoms in total. The van der Waals surface area contributed by atoms with Crippen LogP contribution in [0.5, 0.6) is 0 Å². The van der Waals surface area contributed by atoms with E-state index in [0.29, 0.717) is 6.04 Å². The summed E-state index contributed by atoms with van der Waals surface area (Å²) in [4.78, 5) is 0. The highest BCUT2D eigenvalue weighted by Gasteiger charge is 2.00. The highest BCUT2D eigenvalue weighted by atomic mass is 16.5. The van der Waals surface area contributed by atoms with Crippen LogP contribution in [0.15, 0.2) is 11.6 Å². The fourth-order valence-electron chi connectivity index (χ4n) is 0.972. The summed E-state index contributed by atoms with van der Waals surface area (Å²) in [5, 5.41) is 3.19. The van der Waals surface area contributed by atoms with E-state index in [1.54, 1.807) is 0 Å². The van der Waals surface area contributed by atoms with Gasteiger partial charge in [0.15, 0.2) is 0 Å². The quantitative estimate of drug-likeness (QED) is 0.487. The summed E-state index contributed by atoms with van der Waals surface area (Å²) in [5.74, 6) is 0. The van der Waals surface area contributed by atoms with Crippen molar-refractivity contribution >= 4 is 0 Å². The fraction of sp³-hybridized carbons (Fsp3) is 0.800. The maximum Gasteiger partial charge on any atom is 0.0655 e. The maximum atomic E-state index is 5.43. The minimum Gasteiger partial charge on any atom is -0.380 e. The summed E-state index contributed by atoms with van der Waals surface area (Å²) in [6, 6.07) is 0.363. The van der Waals surface area contributed by atoms with E-state index in [9.17, 15) is 0 Å². The normalized spacial score (nSPS) is 12.7. The third-order valence-electron chi connectivity index (χ3n) is 1.55. The van der Waals surface area contributed by atoms with E-state index in [1.807, 2.05) is 7.05 Å². The van der Waals surface area contributed by atoms with Gasteiger partial charge in [0, 0.05) is 12.6 Å². The van der Waals surface area contributed by atoms with Crippen LogP contribution >= 0.6 is 0 Å². The van der Waals surface area contributed by atoms with Crippen LogP contribution in [0.1, 0.15) is 27.2 Å². The second-order valence-corrected chi connectivity index (χ2v) is 3.21. The number of rotatable bonds is 6. The Hall–Kier alpha value is -0.340. The number of ether oxygens (including phenoxy) is 1. The van der Waals surface area contributed by atoms with Gasteiger partial charge >= 0.3 is 0 Å². The molecule has 1 N–H and O–H groups in total. The smallest absolute Gasteiger partial charge is 0.0655 e. The third kappa shape index (κ3) is 6.38. The van der Waals surface area contributed by atoms with Crippen LogP contribution in [0.25, 0.3) is 0 Å². The lowest BCUT2D eigenvalue weighted by Gasteiger charge is -2.12. The molecule has 0 rings (SSSR count). The van der Waals surface area contributed by atoms with Gasteiger partial charge in [-0.1, -0.05) is 18.6 Å². The molecule has 0 radical (unpaired) electrons. The summed E-state index contributed by atoms with van der Waals surface area (Å²) in [6.07, 6.45) is 3.28. The molecule has 0 amide bonds. The van der Waals surface area contributed by atoms with E-state index in [4.69, 9.17) is 4.74 Å². The Balaban J connectivity index is 3.61. The minimum absolute atomic E-state index is 0.363. The molecule has 1 unspecified atom stereocenters. The summed E-state index contributed by atoms with van der Waals surface area (Å²) in [5.41, 5.74) is 1.33. The first-order valence-electron chi connectivity index (χ1n) is 4.60. The van der Waals surface area contributed by atoms with Crippen molar-refractivity contribution in [2.75, 3.05) is 20.3 Å². The molecule has 72 valence electrons. The Morgan fingerprint density at radius 1 is 1.50 bits per heavy atom. The topological polar surface area (TPSA) is 21.3 Å². The van der Waals surface area contributed by atoms with Crippen molar-refractivity contribution in [3.05, 3.63) is 11.6 Å². The highest BCUT2D eigenvalue weighted by molar-refractivity contribution is 5.00. The lowest BCUT2D eigenvalue weighted by atomic mass is 10.2. The standard InChI is InChI=1S/C10H21NO/c1-5-6-12-8-10(11-4)7-9(2)3/h7,10-11H,5-6,8H2,1-4H3. The first-order valence-corrected chi connectivity index (χ1v) is 4.60. The first-order chi connectivity index (χ1) is 5.70. The number of allylic oxidation sites excluding steroid dienone is 1. The zero-order valence-electron chi connectivity index (χ0n) is 8.68. The molecular weight excluding hydrogens is 150 g/mol. The Bertz CT molecular complexity index is 128. The Labute approximate surface area is 76.0 Å². The average Bonchev–Trinajstić information content (AvgIpc) is 2.02. The third-order valence-corrected chi connectivity index (χ3v) is 1.55. The molecule has 0 aromatic carbocycles. The van der Waals surface area contributed by atoms with Gasteiger partial charge in [-0.2, -0.15) is 0 Å². The molecule has 0 heterocycles. The lowest BCUT2D eigenvalue weighted by Crippen LogP contribution is -2.28. The predicted molar refractivity (Wildman–Crippen MR) is 53.4 cm³/mol. The zero-order valence-corrected chi connectivity index (χ0v) is 8.68. The molecule has 0 spiro atoms. The summed E-state index contributed by atoms with van der Waals surface area (Å²) >= 11 is 0. The Morgan fingerprint density at radius 2 is 2.17 bits per heavy atom. The molecule has 1 atom stereocenters. The van der Waals surface area contributed by atoms with Gasteiger partial charge < -0.3 is 10.1 Å². The van der Waals surface area contributed by atoms with Crippen molar-refractivity contribution in [3.8, 4) is 0 Å². The molecule has 0 bridgehead atoms. The van der Waals surface area contributed by atoms with Gasteiger partial charge in [0.25, 0.3) is 0 Å². The average molecular weight is 171 g/mol. The van der Waals surface area contributed by atoms with Gasteiger partial charge in [0.2, 0.25) is 0 Å². The minimum atomic E-state index is 0.363. The van der Waals surface area contributed by atoms with Gasteiger partial charge in [-0.3, -0.25) is 0 Å². The summed E-state index contributed by atoms with van der Waals surface area (Å²) < 4.78 is 5.43. The van der Waals surface area contributed by atoms with Crippen LogP contribution in [-0.4, -0.2) is 26.3 Å². The second-order valence-electron chi connectivity index (χ2n) is 3.21. The van der Waals surface area contributed by atoms with Crippen LogP contribution in [0.2, 0.25) is 0 Å². The molecule has 0 aromatic rings. The maximum absolute atomic E-state index is 5.43. The second kappa shape index (κ2) is 7.32. The van der Waals surface area contributed by atoms with Gasteiger partial charge in [-0.05, 0) is 27.3 Å². The van der Waals surface area contributed by atoms with Crippen LogP contribution in [-0.2, 0) is 4.74 Å². The van der Waals surface area contributed by atoms with Crippen molar-refractivity contribution in [1.29, 1.82) is 0 Å². The van der Waals surface area contributed by atoms with Crippen molar-refractivity contribution in [1.82, 2.24) is 5.32 Å². The SMILES string of the molecule is CCCOCC(C=C(C)C)NC. The van der Waals surface area contributed by atoms with E-state index in [1.165, 1.54) is 5.57 Å². The van der Waals surface area contributed by atoms with E-state index in [2.05, 4.69) is 32.2 Å². The lowest BCUT2D eigenvalue weighted by molar-refractivity contribution is 0.124. The van der Waals surface area contributed by atoms with Crippen molar-refractivity contribution in [2.45, 2.75) is 33.2 Å². The molecule has 2 heteroatoms. The van der Waals surface area contributed by atoms with Gasteiger partial charge in [0.1, 0.15) is 0 Å². The molecule has 0 aliphatic carbocycles. The first kappa shape index (κ1) is 11.7. The zero-order chi connectivity index (χ0) is 9.40. The number of hydrogen-bond acceptors (Lipinski definition) is 2. The van der Waals surface area contributed by atoms with Gasteiger partial charge in [-0.15, -0.1) is 0 Å². The predicted octanol–water partition coefficient (Wildman–Crippen LogP) is 1.97. The van der Waals surface area contributed by atoms with E-state index in [-0.39, 0.29) is 0 Å². The molecule has 0 aliphatic heterocycles. The van der Waals surface area contributed by atoms with Crippen molar-refractivity contribution < 1.29 is 4.74 Å². The van der Waals surface area contributed by atoms with Crippen LogP contribution < -0.4 is 5.32 Å². The van der Waals surface area contributed by atoms with Crippen molar-refractivity contribution in [2.24, 2.45) is 0 Å². The molecular formula is C10H21NO. The van der Waals surface area contributed by atoms with Gasteiger partial charge in [-0.25, -0.2) is 0 Å². The molecule has 0 aromatic heterocycles. The molecule has 0 saturated heterocycles. The molecule has 0 aliphatic rings. The van der Waals surface area contributed by atoms with E-state index < -0.39 is 0 Å². The van der Waals surface area contributed by atoms with E-state index in [0.717, 1.165) is 19.6 Å². The molecule has 12 heavy (non-hydrogen) atoms. The monoisotopic (exact) mass is 171 g/mol. The summed E-state index contributed by atoms with van der Waals surface area (Å²) in [7, 11) is 1.96. The van der Waals surface area contributed by atoms with Crippen LogP contribution in [0, 0.1) is 0 Å². The van der Waals surface area contributed by atoms with E-state index >= 15 is 0 Å². The highest BCUT2D eigenvalue weighted by Crippen LogP contribution is 1.95. The number of nitrogens with one attached hydrogen (secondary N) is 1. The summed E-state index contributed by atoms with van der Waals surface area (Å²) in [6.45, 7) is 7.95. The molecule has 0 fully saturated rings. The van der Waals surface area contributed by atoms with Crippen molar-refractivity contribution in [3.63, 3.8) is 0 Å². The molecule has 0 saturated carbocycles. The Morgan fingerprint density at radius 3 is 2.58 bits per heavy atom. The largest absolute Gasteiger partial charge is 0.380 e.